The Labute approximate surface area is 77.7 Å². The maximum Gasteiger partial charge on any atom is 0.322 e. The predicted molar refractivity (Wildman–Crippen MR) is 46.3 cm³/mol. The minimum Gasteiger partial charge on any atom is -0.468 e. The van der Waals surface area contributed by atoms with Crippen LogP contribution in [-0.4, -0.2) is 36.9 Å². The van der Waals surface area contributed by atoms with Gasteiger partial charge in [-0.2, -0.15) is 0 Å². The number of rotatable bonds is 1. The standard InChI is InChI=1S/C7H13NO3.ClH/c1-11-7(10)6-3-2-5(9)4-8-6;/h5-6,8-9H,2-4H2,1H3;1H/t5-,6+;/m0./s1. The highest BCUT2D eigenvalue weighted by Gasteiger charge is 2.24. The molecule has 1 aliphatic heterocycles. The van der Waals surface area contributed by atoms with Crippen molar-refractivity contribution in [1.82, 2.24) is 5.32 Å². The van der Waals surface area contributed by atoms with Gasteiger partial charge in [0.25, 0.3) is 0 Å². The Morgan fingerprint density at radius 1 is 1.58 bits per heavy atom. The summed E-state index contributed by atoms with van der Waals surface area (Å²) >= 11 is 0. The molecule has 72 valence electrons. The smallest absolute Gasteiger partial charge is 0.322 e. The fourth-order valence-corrected chi connectivity index (χ4v) is 1.18. The normalized spacial score (nSPS) is 28.8. The maximum atomic E-state index is 10.9. The Morgan fingerprint density at radius 2 is 2.25 bits per heavy atom. The summed E-state index contributed by atoms with van der Waals surface area (Å²) in [5.74, 6) is -0.239. The molecule has 5 heteroatoms. The predicted octanol–water partition coefficient (Wildman–Crippen LogP) is -0.306. The third-order valence-electron chi connectivity index (χ3n) is 1.87. The molecule has 0 aromatic heterocycles. The number of ether oxygens (including phenoxy) is 1. The van der Waals surface area contributed by atoms with Crippen molar-refractivity contribution in [2.45, 2.75) is 25.0 Å². The maximum absolute atomic E-state index is 10.9. The van der Waals surface area contributed by atoms with Gasteiger partial charge in [-0.1, -0.05) is 0 Å². The van der Waals surface area contributed by atoms with E-state index in [4.69, 9.17) is 5.11 Å². The molecule has 0 aromatic carbocycles. The number of hydrogen-bond acceptors (Lipinski definition) is 4. The first-order chi connectivity index (χ1) is 5.24. The van der Waals surface area contributed by atoms with Crippen LogP contribution >= 0.6 is 12.4 Å². The number of nitrogens with one attached hydrogen (secondary N) is 1. The first kappa shape index (κ1) is 11.7. The largest absolute Gasteiger partial charge is 0.468 e. The van der Waals surface area contributed by atoms with Crippen molar-refractivity contribution in [2.75, 3.05) is 13.7 Å². The zero-order valence-electron chi connectivity index (χ0n) is 6.95. The van der Waals surface area contributed by atoms with Crippen LogP contribution in [0.3, 0.4) is 0 Å². The molecule has 0 unspecified atom stereocenters. The molecule has 1 aliphatic rings. The van der Waals surface area contributed by atoms with Crippen molar-refractivity contribution >= 4 is 18.4 Å². The van der Waals surface area contributed by atoms with E-state index in [0.29, 0.717) is 19.4 Å². The molecule has 0 aromatic rings. The quantitative estimate of drug-likeness (QED) is 0.564. The van der Waals surface area contributed by atoms with Gasteiger partial charge < -0.3 is 15.2 Å². The minimum absolute atomic E-state index is 0. The first-order valence-electron chi connectivity index (χ1n) is 3.73. The van der Waals surface area contributed by atoms with Gasteiger partial charge in [0.1, 0.15) is 6.04 Å². The van der Waals surface area contributed by atoms with E-state index in [2.05, 4.69) is 10.1 Å². The first-order valence-corrected chi connectivity index (χ1v) is 3.73. The Hall–Kier alpha value is -0.320. The highest BCUT2D eigenvalue weighted by Crippen LogP contribution is 2.08. The molecular weight excluding hydrogens is 182 g/mol. The van der Waals surface area contributed by atoms with E-state index < -0.39 is 0 Å². The Kier molecular flexibility index (Phi) is 5.20. The zero-order valence-corrected chi connectivity index (χ0v) is 7.76. The molecule has 12 heavy (non-hydrogen) atoms. The van der Waals surface area contributed by atoms with Crippen molar-refractivity contribution < 1.29 is 14.6 Å². The molecule has 1 saturated heterocycles. The minimum atomic E-state index is -0.309. The third-order valence-corrected chi connectivity index (χ3v) is 1.87. The van der Waals surface area contributed by atoms with Gasteiger partial charge in [0.05, 0.1) is 13.2 Å². The fourth-order valence-electron chi connectivity index (χ4n) is 1.18. The summed E-state index contributed by atoms with van der Waals surface area (Å²) in [6.07, 6.45) is 1.02. The van der Waals surface area contributed by atoms with Crippen molar-refractivity contribution in [2.24, 2.45) is 0 Å². The topological polar surface area (TPSA) is 58.6 Å². The van der Waals surface area contributed by atoms with E-state index in [0.717, 1.165) is 0 Å². The number of aliphatic hydroxyl groups excluding tert-OH is 1. The van der Waals surface area contributed by atoms with Crippen LogP contribution in [0.25, 0.3) is 0 Å². The molecule has 0 radical (unpaired) electrons. The summed E-state index contributed by atoms with van der Waals surface area (Å²) in [6.45, 7) is 0.486. The van der Waals surface area contributed by atoms with Gasteiger partial charge >= 0.3 is 5.97 Å². The van der Waals surface area contributed by atoms with Gasteiger partial charge in [-0.15, -0.1) is 12.4 Å². The molecule has 0 bridgehead atoms. The summed E-state index contributed by atoms with van der Waals surface area (Å²) in [5, 5.41) is 12.0. The van der Waals surface area contributed by atoms with Gasteiger partial charge in [-0.25, -0.2) is 0 Å². The molecular formula is C7H14ClNO3. The summed E-state index contributed by atoms with van der Waals surface area (Å²) in [7, 11) is 1.37. The van der Waals surface area contributed by atoms with Crippen LogP contribution < -0.4 is 5.32 Å². The molecule has 0 saturated carbocycles. The van der Waals surface area contributed by atoms with Crippen LogP contribution in [0, 0.1) is 0 Å². The number of carbonyl (C=O) groups excluding carboxylic acids is 1. The number of hydrogen-bond donors (Lipinski definition) is 2. The molecule has 1 heterocycles. The summed E-state index contributed by atoms with van der Waals surface area (Å²) in [5.41, 5.74) is 0. The molecule has 4 nitrogen and oxygen atoms in total. The Balaban J connectivity index is 0.00000121. The van der Waals surface area contributed by atoms with Crippen molar-refractivity contribution in [3.05, 3.63) is 0 Å². The molecule has 2 atom stereocenters. The lowest BCUT2D eigenvalue weighted by molar-refractivity contribution is -0.144. The highest BCUT2D eigenvalue weighted by atomic mass is 35.5. The zero-order chi connectivity index (χ0) is 8.27. The highest BCUT2D eigenvalue weighted by molar-refractivity contribution is 5.85. The van der Waals surface area contributed by atoms with Crippen LogP contribution in [0.5, 0.6) is 0 Å². The van der Waals surface area contributed by atoms with E-state index in [9.17, 15) is 4.79 Å². The number of esters is 1. The average Bonchev–Trinajstić information content (AvgIpc) is 2.05. The summed E-state index contributed by atoms with van der Waals surface area (Å²) in [4.78, 5) is 10.9. The number of β-amino-alcohol motifs (C(OH)–C–C–N with tert-alkyl or cyclic N) is 1. The molecule has 1 rings (SSSR count). The van der Waals surface area contributed by atoms with Crippen LogP contribution in [0.1, 0.15) is 12.8 Å². The van der Waals surface area contributed by atoms with E-state index in [1.54, 1.807) is 0 Å². The second kappa shape index (κ2) is 5.35. The Morgan fingerprint density at radius 3 is 2.67 bits per heavy atom. The van der Waals surface area contributed by atoms with Crippen LogP contribution in [0.4, 0.5) is 0 Å². The lowest BCUT2D eigenvalue weighted by atomic mass is 10.0. The van der Waals surface area contributed by atoms with Gasteiger partial charge in [0.2, 0.25) is 0 Å². The third kappa shape index (κ3) is 2.97. The van der Waals surface area contributed by atoms with Crippen LogP contribution in [0.15, 0.2) is 0 Å². The SMILES string of the molecule is COC(=O)[C@H]1CC[C@H](O)CN1.Cl. The van der Waals surface area contributed by atoms with Gasteiger partial charge in [-0.05, 0) is 12.8 Å². The van der Waals surface area contributed by atoms with Gasteiger partial charge in [0, 0.05) is 6.54 Å². The number of piperidine rings is 1. The van der Waals surface area contributed by atoms with Crippen molar-refractivity contribution in [3.63, 3.8) is 0 Å². The Bertz CT molecular complexity index is 146. The lowest BCUT2D eigenvalue weighted by Gasteiger charge is -2.24. The van der Waals surface area contributed by atoms with E-state index in [-0.39, 0.29) is 30.5 Å². The molecule has 0 aliphatic carbocycles. The number of halogens is 1. The molecule has 0 amide bonds. The average molecular weight is 196 g/mol. The van der Waals surface area contributed by atoms with Crippen LogP contribution in [0.2, 0.25) is 0 Å². The molecule has 1 fully saturated rings. The lowest BCUT2D eigenvalue weighted by Crippen LogP contribution is -2.46. The second-order valence-corrected chi connectivity index (χ2v) is 2.72. The van der Waals surface area contributed by atoms with Crippen LogP contribution in [-0.2, 0) is 9.53 Å². The fraction of sp³-hybridized carbons (Fsp3) is 0.857. The number of aliphatic hydroxyl groups is 1. The monoisotopic (exact) mass is 195 g/mol. The summed E-state index contributed by atoms with van der Waals surface area (Å²) in [6, 6.07) is -0.219. The van der Waals surface area contributed by atoms with Crippen molar-refractivity contribution in [3.8, 4) is 0 Å². The van der Waals surface area contributed by atoms with E-state index in [1.165, 1.54) is 7.11 Å². The molecule has 2 N–H and O–H groups in total. The van der Waals surface area contributed by atoms with E-state index >= 15 is 0 Å². The molecule has 0 spiro atoms. The summed E-state index contributed by atoms with van der Waals surface area (Å²) < 4.78 is 4.54. The second-order valence-electron chi connectivity index (χ2n) is 2.72. The van der Waals surface area contributed by atoms with Gasteiger partial charge in [-0.3, -0.25) is 4.79 Å². The van der Waals surface area contributed by atoms with Crippen molar-refractivity contribution in [1.29, 1.82) is 0 Å². The van der Waals surface area contributed by atoms with Gasteiger partial charge in [0.15, 0.2) is 0 Å². The number of methoxy groups -OCH3 is 1. The number of carbonyl (C=O) groups is 1. The van der Waals surface area contributed by atoms with E-state index in [1.807, 2.05) is 0 Å².